The van der Waals surface area contributed by atoms with Gasteiger partial charge < -0.3 is 9.84 Å². The quantitative estimate of drug-likeness (QED) is 0.508. The molecule has 4 aromatic rings. The normalized spacial score (nSPS) is 12.3. The van der Waals surface area contributed by atoms with Crippen LogP contribution in [0.1, 0.15) is 45.7 Å². The van der Waals surface area contributed by atoms with Crippen LogP contribution in [0.5, 0.6) is 0 Å². The minimum absolute atomic E-state index is 0.123. The van der Waals surface area contributed by atoms with Gasteiger partial charge in [-0.2, -0.15) is 0 Å². The number of pyridine rings is 1. The van der Waals surface area contributed by atoms with Crippen molar-refractivity contribution in [2.24, 2.45) is 0 Å². The maximum absolute atomic E-state index is 13.2. The molecule has 0 saturated heterocycles. The van der Waals surface area contributed by atoms with E-state index in [-0.39, 0.29) is 11.9 Å². The number of aromatic nitrogens is 2. The number of aryl methyl sites for hydroxylation is 3. The average Bonchev–Trinajstić information content (AvgIpc) is 3.31. The molecule has 0 fully saturated rings. The first kappa shape index (κ1) is 18.4. The molecule has 0 saturated carbocycles. The van der Waals surface area contributed by atoms with Gasteiger partial charge in [-0.05, 0) is 56.3 Å². The van der Waals surface area contributed by atoms with Gasteiger partial charge in [-0.1, -0.05) is 35.0 Å². The maximum atomic E-state index is 13.2. The zero-order valence-electron chi connectivity index (χ0n) is 16.2. The van der Waals surface area contributed by atoms with Crippen molar-refractivity contribution in [1.82, 2.24) is 15.5 Å². The van der Waals surface area contributed by atoms with Crippen molar-refractivity contribution in [1.29, 1.82) is 0 Å². The van der Waals surface area contributed by atoms with E-state index in [0.29, 0.717) is 28.1 Å². The summed E-state index contributed by atoms with van der Waals surface area (Å²) >= 11 is 1.57. The van der Waals surface area contributed by atoms with Gasteiger partial charge in [-0.25, -0.2) is 4.98 Å². The molecular formula is C22H21N3O2S. The van der Waals surface area contributed by atoms with Crippen LogP contribution in [-0.2, 0) is 0 Å². The first-order valence-electron chi connectivity index (χ1n) is 9.13. The highest BCUT2D eigenvalue weighted by molar-refractivity contribution is 7.13. The lowest BCUT2D eigenvalue weighted by molar-refractivity contribution is 0.0941. The van der Waals surface area contributed by atoms with Crippen LogP contribution >= 0.6 is 11.3 Å². The third kappa shape index (κ3) is 3.31. The second-order valence-electron chi connectivity index (χ2n) is 7.04. The highest BCUT2D eigenvalue weighted by Gasteiger charge is 2.21. The van der Waals surface area contributed by atoms with Crippen molar-refractivity contribution in [3.8, 4) is 10.6 Å². The Morgan fingerprint density at radius 2 is 2.00 bits per heavy atom. The molecule has 28 heavy (non-hydrogen) atoms. The highest BCUT2D eigenvalue weighted by atomic mass is 32.1. The van der Waals surface area contributed by atoms with Gasteiger partial charge in [0.25, 0.3) is 11.6 Å². The van der Waals surface area contributed by atoms with E-state index >= 15 is 0 Å². The summed E-state index contributed by atoms with van der Waals surface area (Å²) in [6.45, 7) is 7.94. The van der Waals surface area contributed by atoms with E-state index in [1.807, 2.05) is 37.4 Å². The fourth-order valence-corrected chi connectivity index (χ4v) is 4.17. The Morgan fingerprint density at radius 3 is 2.71 bits per heavy atom. The summed E-state index contributed by atoms with van der Waals surface area (Å²) in [5, 5.41) is 9.77. The maximum Gasteiger partial charge on any atom is 0.259 e. The van der Waals surface area contributed by atoms with Gasteiger partial charge in [0.05, 0.1) is 33.3 Å². The van der Waals surface area contributed by atoms with Crippen LogP contribution < -0.4 is 5.32 Å². The number of nitrogens with zero attached hydrogens (tertiary/aromatic N) is 2. The monoisotopic (exact) mass is 391 g/mol. The molecule has 0 radical (unpaired) electrons. The molecule has 1 aromatic carbocycles. The summed E-state index contributed by atoms with van der Waals surface area (Å²) in [6.07, 6.45) is 0. The number of nitrogens with one attached hydrogen (secondary N) is 1. The molecule has 0 unspecified atom stereocenters. The van der Waals surface area contributed by atoms with Crippen LogP contribution in [0.3, 0.4) is 0 Å². The van der Waals surface area contributed by atoms with Crippen molar-refractivity contribution < 1.29 is 9.32 Å². The molecule has 142 valence electrons. The topological polar surface area (TPSA) is 68.0 Å². The Bertz CT molecular complexity index is 1160. The first-order chi connectivity index (χ1) is 13.4. The lowest BCUT2D eigenvalue weighted by Crippen LogP contribution is -2.27. The van der Waals surface area contributed by atoms with Crippen LogP contribution in [0, 0.1) is 20.8 Å². The van der Waals surface area contributed by atoms with Crippen molar-refractivity contribution in [3.05, 3.63) is 69.7 Å². The molecule has 6 heteroatoms. The predicted molar refractivity (Wildman–Crippen MR) is 112 cm³/mol. The number of carbonyl (C=O) groups excluding carboxylic acids is 1. The van der Waals surface area contributed by atoms with Gasteiger partial charge in [-0.15, -0.1) is 11.3 Å². The molecule has 3 heterocycles. The summed E-state index contributed by atoms with van der Waals surface area (Å²) in [4.78, 5) is 18.7. The first-order valence-corrected chi connectivity index (χ1v) is 10.0. The summed E-state index contributed by atoms with van der Waals surface area (Å²) < 4.78 is 5.36. The molecule has 3 aromatic heterocycles. The molecule has 1 atom stereocenters. The smallest absolute Gasteiger partial charge is 0.259 e. The number of benzene rings is 1. The van der Waals surface area contributed by atoms with Crippen molar-refractivity contribution in [3.63, 3.8) is 0 Å². The SMILES string of the molecule is Cc1ccc([C@@H](C)NC(=O)c2cc(-c3cccs3)nc3onc(C)c23)c(C)c1. The lowest BCUT2D eigenvalue weighted by atomic mass is 9.99. The Labute approximate surface area is 167 Å². The van der Waals surface area contributed by atoms with E-state index in [1.165, 1.54) is 5.56 Å². The molecular weight excluding hydrogens is 370 g/mol. The van der Waals surface area contributed by atoms with E-state index < -0.39 is 0 Å². The van der Waals surface area contributed by atoms with Gasteiger partial charge in [0.15, 0.2) is 0 Å². The number of hydrogen-bond donors (Lipinski definition) is 1. The summed E-state index contributed by atoms with van der Waals surface area (Å²) in [7, 11) is 0. The Kier molecular flexibility index (Phi) is 4.73. The molecule has 0 aliphatic carbocycles. The van der Waals surface area contributed by atoms with Crippen molar-refractivity contribution in [2.45, 2.75) is 33.7 Å². The fraction of sp³-hybridized carbons (Fsp3) is 0.227. The van der Waals surface area contributed by atoms with E-state index in [1.54, 1.807) is 11.3 Å². The minimum atomic E-state index is -0.163. The van der Waals surface area contributed by atoms with Gasteiger partial charge in [-0.3, -0.25) is 4.79 Å². The number of hydrogen-bond acceptors (Lipinski definition) is 5. The summed E-state index contributed by atoms with van der Waals surface area (Å²) in [5.41, 5.74) is 5.75. The van der Waals surface area contributed by atoms with Crippen LogP contribution in [-0.4, -0.2) is 16.0 Å². The van der Waals surface area contributed by atoms with Gasteiger partial charge in [0.2, 0.25) is 0 Å². The summed E-state index contributed by atoms with van der Waals surface area (Å²) in [5.74, 6) is -0.163. The zero-order valence-corrected chi connectivity index (χ0v) is 17.1. The number of amides is 1. The highest BCUT2D eigenvalue weighted by Crippen LogP contribution is 2.30. The van der Waals surface area contributed by atoms with Crippen LogP contribution in [0.15, 0.2) is 46.3 Å². The molecule has 5 nitrogen and oxygen atoms in total. The fourth-order valence-electron chi connectivity index (χ4n) is 3.49. The van der Waals surface area contributed by atoms with Crippen LogP contribution in [0.2, 0.25) is 0 Å². The predicted octanol–water partition coefficient (Wildman–Crippen LogP) is 5.37. The Morgan fingerprint density at radius 1 is 1.18 bits per heavy atom. The molecule has 4 rings (SSSR count). The van der Waals surface area contributed by atoms with E-state index in [0.717, 1.165) is 16.0 Å². The average molecular weight is 391 g/mol. The van der Waals surface area contributed by atoms with Gasteiger partial charge in [0, 0.05) is 0 Å². The number of rotatable bonds is 4. The Hall–Kier alpha value is -2.99. The largest absolute Gasteiger partial charge is 0.345 e. The summed E-state index contributed by atoms with van der Waals surface area (Å²) in [6, 6.07) is 11.9. The molecule has 0 spiro atoms. The number of carbonyl (C=O) groups is 1. The minimum Gasteiger partial charge on any atom is -0.345 e. The van der Waals surface area contributed by atoms with Gasteiger partial charge in [0.1, 0.15) is 0 Å². The zero-order chi connectivity index (χ0) is 19.8. The molecule has 0 aliphatic heterocycles. The van der Waals surface area contributed by atoms with Crippen LogP contribution in [0.25, 0.3) is 21.7 Å². The molecule has 1 N–H and O–H groups in total. The van der Waals surface area contributed by atoms with Crippen molar-refractivity contribution >= 4 is 28.3 Å². The standard InChI is InChI=1S/C22H21N3O2S/c1-12-7-8-16(13(2)10-12)14(3)23-21(26)17-11-18(19-6-5-9-28-19)24-22-20(17)15(4)25-27-22/h5-11,14H,1-4H3,(H,23,26)/t14-/m1/s1. The van der Waals surface area contributed by atoms with E-state index in [2.05, 4.69) is 47.5 Å². The van der Waals surface area contributed by atoms with E-state index in [4.69, 9.17) is 4.52 Å². The molecule has 1 amide bonds. The van der Waals surface area contributed by atoms with Gasteiger partial charge >= 0.3 is 0 Å². The molecule has 0 aliphatic rings. The molecule has 0 bridgehead atoms. The second-order valence-corrected chi connectivity index (χ2v) is 7.98. The lowest BCUT2D eigenvalue weighted by Gasteiger charge is -2.17. The van der Waals surface area contributed by atoms with Crippen LogP contribution in [0.4, 0.5) is 0 Å². The number of fused-ring (bicyclic) bond motifs is 1. The Balaban J connectivity index is 1.73. The van der Waals surface area contributed by atoms with E-state index in [9.17, 15) is 4.79 Å². The van der Waals surface area contributed by atoms with Crippen molar-refractivity contribution in [2.75, 3.05) is 0 Å². The third-order valence-electron chi connectivity index (χ3n) is 4.87. The number of thiophene rings is 1. The third-order valence-corrected chi connectivity index (χ3v) is 5.77. The second kappa shape index (κ2) is 7.20.